The van der Waals surface area contributed by atoms with E-state index in [4.69, 9.17) is 9.26 Å². The van der Waals surface area contributed by atoms with Gasteiger partial charge >= 0.3 is 0 Å². The third-order valence-corrected chi connectivity index (χ3v) is 5.19. The Labute approximate surface area is 160 Å². The highest BCUT2D eigenvalue weighted by Crippen LogP contribution is 2.35. The second-order valence-electron chi connectivity index (χ2n) is 7.81. The van der Waals surface area contributed by atoms with Crippen molar-refractivity contribution < 1.29 is 14.1 Å². The van der Waals surface area contributed by atoms with Gasteiger partial charge in [-0.3, -0.25) is 4.79 Å². The molecule has 1 saturated carbocycles. The van der Waals surface area contributed by atoms with Crippen molar-refractivity contribution in [2.24, 2.45) is 0 Å². The van der Waals surface area contributed by atoms with Crippen LogP contribution in [0.2, 0.25) is 0 Å². The maximum Gasteiger partial charge on any atom is 0.258 e. The summed E-state index contributed by atoms with van der Waals surface area (Å²) in [6.45, 7) is 8.00. The Morgan fingerprint density at radius 1 is 1.26 bits per heavy atom. The first-order chi connectivity index (χ1) is 12.9. The third kappa shape index (κ3) is 4.49. The minimum atomic E-state index is -0.552. The Morgan fingerprint density at radius 3 is 2.63 bits per heavy atom. The molecule has 1 fully saturated rings. The van der Waals surface area contributed by atoms with E-state index in [0.29, 0.717) is 17.6 Å². The number of carbonyl (C=O) groups is 1. The zero-order valence-electron chi connectivity index (χ0n) is 16.7. The number of carbonyl (C=O) groups excluding carboxylic acids is 1. The molecule has 6 nitrogen and oxygen atoms in total. The molecule has 1 aromatic heterocycles. The summed E-state index contributed by atoms with van der Waals surface area (Å²) in [4.78, 5) is 17.1. The van der Waals surface area contributed by atoms with E-state index in [1.165, 1.54) is 0 Å². The fraction of sp³-hybridized carbons (Fsp3) is 0.571. The summed E-state index contributed by atoms with van der Waals surface area (Å²) in [5, 5.41) is 7.24. The highest BCUT2D eigenvalue weighted by atomic mass is 16.5. The van der Waals surface area contributed by atoms with Gasteiger partial charge in [-0.1, -0.05) is 50.4 Å². The van der Waals surface area contributed by atoms with Crippen molar-refractivity contribution in [3.05, 3.63) is 41.0 Å². The second kappa shape index (κ2) is 8.11. The highest BCUT2D eigenvalue weighted by Gasteiger charge is 2.39. The first-order valence-corrected chi connectivity index (χ1v) is 9.75. The molecule has 0 bridgehead atoms. The van der Waals surface area contributed by atoms with Gasteiger partial charge in [0.25, 0.3) is 5.91 Å². The van der Waals surface area contributed by atoms with Crippen molar-refractivity contribution >= 4 is 5.91 Å². The average Bonchev–Trinajstić information content (AvgIpc) is 3.08. The topological polar surface area (TPSA) is 77.2 Å². The fourth-order valence-electron chi connectivity index (χ4n) is 3.74. The number of rotatable bonds is 6. The van der Waals surface area contributed by atoms with E-state index in [2.05, 4.69) is 41.4 Å². The normalized spacial score (nSPS) is 16.3. The van der Waals surface area contributed by atoms with Crippen molar-refractivity contribution in [3.8, 4) is 5.75 Å². The Balaban J connectivity index is 1.71. The molecule has 0 atom stereocenters. The van der Waals surface area contributed by atoms with Crippen molar-refractivity contribution in [3.63, 3.8) is 0 Å². The largest absolute Gasteiger partial charge is 0.483 e. The number of amides is 1. The van der Waals surface area contributed by atoms with Gasteiger partial charge in [-0.2, -0.15) is 4.98 Å². The van der Waals surface area contributed by atoms with Crippen LogP contribution >= 0.6 is 0 Å². The number of nitrogens with zero attached hydrogens (tertiary/aromatic N) is 2. The van der Waals surface area contributed by atoms with Gasteiger partial charge in [0, 0.05) is 6.92 Å². The Hall–Kier alpha value is -2.37. The summed E-state index contributed by atoms with van der Waals surface area (Å²) in [5.41, 5.74) is 1.67. The first kappa shape index (κ1) is 19.4. The Morgan fingerprint density at radius 2 is 2.00 bits per heavy atom. The van der Waals surface area contributed by atoms with Crippen LogP contribution in [0.15, 0.2) is 22.7 Å². The third-order valence-electron chi connectivity index (χ3n) is 5.19. The summed E-state index contributed by atoms with van der Waals surface area (Å²) in [6, 6.07) is 6.12. The van der Waals surface area contributed by atoms with Crippen LogP contribution in [0, 0.1) is 13.8 Å². The van der Waals surface area contributed by atoms with Crippen molar-refractivity contribution in [2.45, 2.75) is 71.3 Å². The standard InChI is InChI=1S/C21H29N3O3/c1-14(2)17-9-8-15(3)12-18(17)26-13-19(25)23-21(10-6-5-7-11-21)20-22-16(4)27-24-20/h8-9,12,14H,5-7,10-11,13H2,1-4H3,(H,23,25). The summed E-state index contributed by atoms with van der Waals surface area (Å²) in [5.74, 6) is 2.03. The van der Waals surface area contributed by atoms with E-state index in [1.54, 1.807) is 6.92 Å². The van der Waals surface area contributed by atoms with E-state index in [-0.39, 0.29) is 12.5 Å². The molecule has 1 aliphatic carbocycles. The number of ether oxygens (including phenoxy) is 1. The molecule has 0 spiro atoms. The van der Waals surface area contributed by atoms with Crippen LogP contribution < -0.4 is 10.1 Å². The van der Waals surface area contributed by atoms with Crippen LogP contribution in [-0.4, -0.2) is 22.7 Å². The van der Waals surface area contributed by atoms with Crippen molar-refractivity contribution in [2.75, 3.05) is 6.61 Å². The quantitative estimate of drug-likeness (QED) is 0.825. The SMILES string of the molecule is Cc1ccc(C(C)C)c(OCC(=O)NC2(c3noc(C)n3)CCCCC2)c1. The van der Waals surface area contributed by atoms with Crippen molar-refractivity contribution in [1.82, 2.24) is 15.5 Å². The molecule has 1 heterocycles. The van der Waals surface area contributed by atoms with Gasteiger partial charge in [0.15, 0.2) is 12.4 Å². The molecule has 6 heteroatoms. The van der Waals surface area contributed by atoms with Gasteiger partial charge in [0.1, 0.15) is 11.3 Å². The monoisotopic (exact) mass is 371 g/mol. The number of aromatic nitrogens is 2. The average molecular weight is 371 g/mol. The van der Waals surface area contributed by atoms with Gasteiger partial charge in [0.2, 0.25) is 5.89 Å². The van der Waals surface area contributed by atoms with Crippen LogP contribution in [0.25, 0.3) is 0 Å². The lowest BCUT2D eigenvalue weighted by Gasteiger charge is -2.35. The predicted molar refractivity (Wildman–Crippen MR) is 103 cm³/mol. The van der Waals surface area contributed by atoms with E-state index in [1.807, 2.05) is 13.0 Å². The van der Waals surface area contributed by atoms with Crippen molar-refractivity contribution in [1.29, 1.82) is 0 Å². The molecule has 0 aliphatic heterocycles. The fourth-order valence-corrected chi connectivity index (χ4v) is 3.74. The van der Waals surface area contributed by atoms with Crippen LogP contribution in [0.3, 0.4) is 0 Å². The molecule has 0 radical (unpaired) electrons. The molecule has 0 unspecified atom stereocenters. The molecule has 27 heavy (non-hydrogen) atoms. The molecule has 1 amide bonds. The van der Waals surface area contributed by atoms with E-state index < -0.39 is 5.54 Å². The van der Waals surface area contributed by atoms with Gasteiger partial charge in [-0.05, 0) is 42.9 Å². The smallest absolute Gasteiger partial charge is 0.258 e. The molecule has 146 valence electrons. The number of hydrogen-bond acceptors (Lipinski definition) is 5. The molecular formula is C21H29N3O3. The zero-order chi connectivity index (χ0) is 19.4. The van der Waals surface area contributed by atoms with Gasteiger partial charge in [0.05, 0.1) is 0 Å². The van der Waals surface area contributed by atoms with E-state index in [9.17, 15) is 4.79 Å². The molecule has 1 aliphatic rings. The molecule has 2 aromatic rings. The maximum absolute atomic E-state index is 12.7. The first-order valence-electron chi connectivity index (χ1n) is 9.75. The van der Waals surface area contributed by atoms with Crippen LogP contribution in [0.1, 0.15) is 74.7 Å². The van der Waals surface area contributed by atoms with Gasteiger partial charge in [-0.15, -0.1) is 0 Å². The summed E-state index contributed by atoms with van der Waals surface area (Å²) < 4.78 is 11.1. The van der Waals surface area contributed by atoms with E-state index in [0.717, 1.165) is 49.0 Å². The minimum absolute atomic E-state index is 0.0260. The van der Waals surface area contributed by atoms with Crippen LogP contribution in [0.5, 0.6) is 5.75 Å². The van der Waals surface area contributed by atoms with E-state index >= 15 is 0 Å². The highest BCUT2D eigenvalue weighted by molar-refractivity contribution is 5.78. The molecule has 0 saturated heterocycles. The molecular weight excluding hydrogens is 342 g/mol. The molecule has 1 aromatic carbocycles. The number of hydrogen-bond donors (Lipinski definition) is 1. The van der Waals surface area contributed by atoms with Crippen LogP contribution in [0.4, 0.5) is 0 Å². The van der Waals surface area contributed by atoms with Crippen LogP contribution in [-0.2, 0) is 10.3 Å². The number of aryl methyl sites for hydroxylation is 2. The summed E-state index contributed by atoms with van der Waals surface area (Å²) in [7, 11) is 0. The Kier molecular flexibility index (Phi) is 5.82. The summed E-state index contributed by atoms with van der Waals surface area (Å²) >= 11 is 0. The maximum atomic E-state index is 12.7. The van der Waals surface area contributed by atoms with Gasteiger partial charge in [-0.25, -0.2) is 0 Å². The summed E-state index contributed by atoms with van der Waals surface area (Å²) in [6.07, 6.45) is 4.86. The van der Waals surface area contributed by atoms with Gasteiger partial charge < -0.3 is 14.6 Å². The molecule has 1 N–H and O–H groups in total. The lowest BCUT2D eigenvalue weighted by molar-refractivity contribution is -0.125. The second-order valence-corrected chi connectivity index (χ2v) is 7.81. The minimum Gasteiger partial charge on any atom is -0.483 e. The molecule has 3 rings (SSSR count). The number of benzene rings is 1. The zero-order valence-corrected chi connectivity index (χ0v) is 16.7. The lowest BCUT2D eigenvalue weighted by Crippen LogP contribution is -2.49. The number of nitrogens with one attached hydrogen (secondary N) is 1. The lowest BCUT2D eigenvalue weighted by atomic mass is 9.81. The predicted octanol–water partition coefficient (Wildman–Crippen LogP) is 4.16. The Bertz CT molecular complexity index is 792.